The third kappa shape index (κ3) is 3.04. The molecule has 8 nitrogen and oxygen atoms in total. The number of anilines is 1. The van der Waals surface area contributed by atoms with E-state index in [9.17, 15) is 9.59 Å². The summed E-state index contributed by atoms with van der Waals surface area (Å²) in [5, 5.41) is 15.6. The quantitative estimate of drug-likeness (QED) is 0.760. The van der Waals surface area contributed by atoms with E-state index in [2.05, 4.69) is 15.5 Å². The van der Waals surface area contributed by atoms with E-state index < -0.39 is 11.8 Å². The predicted molar refractivity (Wildman–Crippen MR) is 84.6 cm³/mol. The molecule has 24 heavy (non-hydrogen) atoms. The van der Waals surface area contributed by atoms with Crippen LogP contribution in [-0.4, -0.2) is 45.1 Å². The van der Waals surface area contributed by atoms with Gasteiger partial charge in [0.25, 0.3) is 17.7 Å². The number of nitrogens with one attached hydrogen (secondary N) is 1. The Morgan fingerprint density at radius 3 is 2.62 bits per heavy atom. The largest absolute Gasteiger partial charge is 0.395 e. The molecule has 2 amide bonds. The number of rotatable bonds is 6. The minimum atomic E-state index is -0.456. The molecule has 1 aliphatic heterocycles. The Balaban J connectivity index is 1.72. The SMILES string of the molecule is CCc1noc(-c2ccc(NC3=CC(=O)N(CCO)C3=O)cc2)n1. The second kappa shape index (κ2) is 6.63. The van der Waals surface area contributed by atoms with Gasteiger partial charge in [0, 0.05) is 23.7 Å². The third-order valence-electron chi connectivity index (χ3n) is 3.53. The first kappa shape index (κ1) is 15.9. The molecule has 0 atom stereocenters. The number of aryl methyl sites for hydroxylation is 1. The summed E-state index contributed by atoms with van der Waals surface area (Å²) in [6.07, 6.45) is 1.91. The fraction of sp³-hybridized carbons (Fsp3) is 0.250. The monoisotopic (exact) mass is 328 g/mol. The molecule has 2 heterocycles. The van der Waals surface area contributed by atoms with Gasteiger partial charge in [-0.15, -0.1) is 0 Å². The molecule has 0 saturated heterocycles. The van der Waals surface area contributed by atoms with E-state index in [1.165, 1.54) is 6.08 Å². The van der Waals surface area contributed by atoms with Crippen LogP contribution in [0.15, 0.2) is 40.6 Å². The van der Waals surface area contributed by atoms with Gasteiger partial charge in [-0.05, 0) is 24.3 Å². The van der Waals surface area contributed by atoms with Crippen molar-refractivity contribution in [1.82, 2.24) is 15.0 Å². The van der Waals surface area contributed by atoms with Gasteiger partial charge in [0.05, 0.1) is 13.2 Å². The molecule has 0 bridgehead atoms. The lowest BCUT2D eigenvalue weighted by atomic mass is 10.2. The summed E-state index contributed by atoms with van der Waals surface area (Å²) in [5.74, 6) is 0.170. The Hall–Kier alpha value is -3.00. The van der Waals surface area contributed by atoms with E-state index in [4.69, 9.17) is 9.63 Å². The Labute approximate surface area is 137 Å². The van der Waals surface area contributed by atoms with Crippen LogP contribution in [0.1, 0.15) is 12.7 Å². The molecule has 0 unspecified atom stereocenters. The topological polar surface area (TPSA) is 109 Å². The van der Waals surface area contributed by atoms with Crippen LogP contribution in [0.5, 0.6) is 0 Å². The molecule has 124 valence electrons. The van der Waals surface area contributed by atoms with Gasteiger partial charge in [-0.1, -0.05) is 12.1 Å². The van der Waals surface area contributed by atoms with Crippen molar-refractivity contribution in [3.8, 4) is 11.5 Å². The summed E-state index contributed by atoms with van der Waals surface area (Å²) >= 11 is 0. The molecule has 1 aromatic carbocycles. The molecule has 2 N–H and O–H groups in total. The minimum Gasteiger partial charge on any atom is -0.395 e. The standard InChI is InChI=1S/C16H16N4O4/c1-2-13-18-15(24-19-13)10-3-5-11(6-4-10)17-12-9-14(22)20(7-8-21)16(12)23/h3-6,9,17,21H,2,7-8H2,1H3. The number of nitrogens with zero attached hydrogens (tertiary/aromatic N) is 3. The van der Waals surface area contributed by atoms with Crippen molar-refractivity contribution in [2.24, 2.45) is 0 Å². The Kier molecular flexibility index (Phi) is 4.39. The zero-order valence-corrected chi connectivity index (χ0v) is 13.0. The molecule has 0 spiro atoms. The highest BCUT2D eigenvalue weighted by Crippen LogP contribution is 2.22. The molecule has 0 fully saturated rings. The maximum Gasteiger partial charge on any atom is 0.277 e. The highest BCUT2D eigenvalue weighted by Gasteiger charge is 2.30. The molecule has 0 saturated carbocycles. The van der Waals surface area contributed by atoms with Crippen molar-refractivity contribution in [3.63, 3.8) is 0 Å². The van der Waals surface area contributed by atoms with Crippen molar-refractivity contribution >= 4 is 17.5 Å². The molecule has 3 rings (SSSR count). The Bertz CT molecular complexity index is 795. The second-order valence-corrected chi connectivity index (χ2v) is 5.15. The first-order valence-corrected chi connectivity index (χ1v) is 7.50. The van der Waals surface area contributed by atoms with Crippen molar-refractivity contribution in [3.05, 3.63) is 41.9 Å². The fourth-order valence-corrected chi connectivity index (χ4v) is 2.28. The maximum absolute atomic E-state index is 12.1. The van der Waals surface area contributed by atoms with Crippen LogP contribution in [-0.2, 0) is 16.0 Å². The number of imide groups is 1. The number of carbonyl (C=O) groups excluding carboxylic acids is 2. The number of aliphatic hydroxyl groups is 1. The van der Waals surface area contributed by atoms with Crippen LogP contribution in [0.25, 0.3) is 11.5 Å². The highest BCUT2D eigenvalue weighted by molar-refractivity contribution is 6.17. The zero-order valence-electron chi connectivity index (χ0n) is 13.0. The first-order valence-electron chi connectivity index (χ1n) is 7.50. The highest BCUT2D eigenvalue weighted by atomic mass is 16.5. The van der Waals surface area contributed by atoms with Gasteiger partial charge < -0.3 is 14.9 Å². The summed E-state index contributed by atoms with van der Waals surface area (Å²) in [5.41, 5.74) is 1.58. The third-order valence-corrected chi connectivity index (χ3v) is 3.53. The lowest BCUT2D eigenvalue weighted by Gasteiger charge is -2.13. The number of aliphatic hydroxyl groups excluding tert-OH is 1. The summed E-state index contributed by atoms with van der Waals surface area (Å²) in [6.45, 7) is 1.65. The minimum absolute atomic E-state index is 0.0186. The molecule has 0 aliphatic carbocycles. The molecule has 2 aromatic rings. The molecule has 1 aliphatic rings. The van der Waals surface area contributed by atoms with Gasteiger partial charge in [-0.2, -0.15) is 4.98 Å². The predicted octanol–water partition coefficient (Wildman–Crippen LogP) is 0.956. The zero-order chi connectivity index (χ0) is 17.1. The normalized spacial score (nSPS) is 14.2. The number of amides is 2. The van der Waals surface area contributed by atoms with E-state index in [1.54, 1.807) is 24.3 Å². The van der Waals surface area contributed by atoms with Crippen molar-refractivity contribution in [2.75, 3.05) is 18.5 Å². The van der Waals surface area contributed by atoms with Gasteiger partial charge in [0.2, 0.25) is 0 Å². The van der Waals surface area contributed by atoms with Crippen molar-refractivity contribution in [1.29, 1.82) is 0 Å². The molecule has 8 heteroatoms. The number of benzene rings is 1. The number of carbonyl (C=O) groups is 2. The van der Waals surface area contributed by atoms with Crippen LogP contribution in [0, 0.1) is 0 Å². The van der Waals surface area contributed by atoms with E-state index in [1.807, 2.05) is 6.92 Å². The van der Waals surface area contributed by atoms with E-state index in [0.29, 0.717) is 23.8 Å². The van der Waals surface area contributed by atoms with Crippen LogP contribution in [0.4, 0.5) is 5.69 Å². The van der Waals surface area contributed by atoms with Crippen LogP contribution < -0.4 is 5.32 Å². The fourth-order valence-electron chi connectivity index (χ4n) is 2.28. The maximum atomic E-state index is 12.1. The summed E-state index contributed by atoms with van der Waals surface area (Å²) in [6, 6.07) is 7.06. The van der Waals surface area contributed by atoms with Gasteiger partial charge >= 0.3 is 0 Å². The molecular weight excluding hydrogens is 312 g/mol. The average molecular weight is 328 g/mol. The van der Waals surface area contributed by atoms with Crippen LogP contribution in [0.3, 0.4) is 0 Å². The number of β-amino-alcohol motifs (C(OH)–C–C–N with tert-alkyl or cyclic N) is 1. The lowest BCUT2D eigenvalue weighted by Crippen LogP contribution is -2.34. The summed E-state index contributed by atoms with van der Waals surface area (Å²) in [7, 11) is 0. The molecule has 1 aromatic heterocycles. The van der Waals surface area contributed by atoms with Crippen molar-refractivity contribution < 1.29 is 19.2 Å². The van der Waals surface area contributed by atoms with Gasteiger partial charge in [0.1, 0.15) is 5.70 Å². The van der Waals surface area contributed by atoms with E-state index >= 15 is 0 Å². The van der Waals surface area contributed by atoms with Gasteiger partial charge in [0.15, 0.2) is 5.82 Å². The number of aromatic nitrogens is 2. The molecule has 0 radical (unpaired) electrons. The summed E-state index contributed by atoms with van der Waals surface area (Å²) < 4.78 is 5.16. The lowest BCUT2D eigenvalue weighted by molar-refractivity contribution is -0.137. The average Bonchev–Trinajstić information content (AvgIpc) is 3.17. The van der Waals surface area contributed by atoms with Gasteiger partial charge in [-0.3, -0.25) is 14.5 Å². The second-order valence-electron chi connectivity index (χ2n) is 5.15. The molecular formula is C16H16N4O4. The first-order chi connectivity index (χ1) is 11.6. The van der Waals surface area contributed by atoms with Crippen LogP contribution >= 0.6 is 0 Å². The Morgan fingerprint density at radius 2 is 2.00 bits per heavy atom. The Morgan fingerprint density at radius 1 is 1.25 bits per heavy atom. The van der Waals surface area contributed by atoms with Crippen molar-refractivity contribution in [2.45, 2.75) is 13.3 Å². The summed E-state index contributed by atoms with van der Waals surface area (Å²) in [4.78, 5) is 29.0. The van der Waals surface area contributed by atoms with E-state index in [0.717, 1.165) is 10.5 Å². The van der Waals surface area contributed by atoms with E-state index in [-0.39, 0.29) is 18.8 Å². The van der Waals surface area contributed by atoms with Gasteiger partial charge in [-0.25, -0.2) is 0 Å². The van der Waals surface area contributed by atoms with Crippen LogP contribution in [0.2, 0.25) is 0 Å². The number of hydrogen-bond donors (Lipinski definition) is 2. The number of hydrogen-bond acceptors (Lipinski definition) is 7. The smallest absolute Gasteiger partial charge is 0.277 e.